The second-order valence-electron chi connectivity index (χ2n) is 6.80. The number of benzene rings is 1. The van der Waals surface area contributed by atoms with Crippen LogP contribution in [0.15, 0.2) is 24.3 Å². The van der Waals surface area contributed by atoms with Crippen molar-refractivity contribution in [1.82, 2.24) is 5.32 Å². The van der Waals surface area contributed by atoms with E-state index in [-0.39, 0.29) is 5.41 Å². The molecule has 2 rings (SSSR count). The SMILES string of the molecule is CC(C)(C)c1ccc(NC2CCC(NC=O)CC2)cc1. The Morgan fingerprint density at radius 3 is 2.05 bits per heavy atom. The molecule has 1 aromatic carbocycles. The van der Waals surface area contributed by atoms with Crippen LogP contribution in [0.25, 0.3) is 0 Å². The topological polar surface area (TPSA) is 41.1 Å². The van der Waals surface area contributed by atoms with Crippen LogP contribution in [0.2, 0.25) is 0 Å². The fraction of sp³-hybridized carbons (Fsp3) is 0.588. The van der Waals surface area contributed by atoms with E-state index in [1.54, 1.807) is 0 Å². The maximum atomic E-state index is 10.4. The van der Waals surface area contributed by atoms with Crippen molar-refractivity contribution in [3.8, 4) is 0 Å². The summed E-state index contributed by atoms with van der Waals surface area (Å²) in [5, 5.41) is 6.49. The number of hydrogen-bond acceptors (Lipinski definition) is 2. The first kappa shape index (κ1) is 14.9. The fourth-order valence-electron chi connectivity index (χ4n) is 2.80. The van der Waals surface area contributed by atoms with Gasteiger partial charge in [-0.05, 0) is 48.8 Å². The van der Waals surface area contributed by atoms with Gasteiger partial charge in [0.1, 0.15) is 0 Å². The molecule has 0 saturated heterocycles. The molecular weight excluding hydrogens is 248 g/mol. The highest BCUT2D eigenvalue weighted by molar-refractivity contribution is 5.47. The normalized spacial score (nSPS) is 23.1. The highest BCUT2D eigenvalue weighted by Crippen LogP contribution is 2.26. The molecule has 0 heterocycles. The van der Waals surface area contributed by atoms with E-state index >= 15 is 0 Å². The Morgan fingerprint density at radius 1 is 1.00 bits per heavy atom. The molecule has 1 aromatic rings. The van der Waals surface area contributed by atoms with E-state index in [1.807, 2.05) is 0 Å². The average molecular weight is 274 g/mol. The summed E-state index contributed by atoms with van der Waals surface area (Å²) in [6, 6.07) is 9.67. The smallest absolute Gasteiger partial charge is 0.207 e. The van der Waals surface area contributed by atoms with Crippen molar-refractivity contribution < 1.29 is 4.79 Å². The zero-order valence-corrected chi connectivity index (χ0v) is 12.8. The Bertz CT molecular complexity index is 425. The molecular formula is C17H26N2O. The zero-order chi connectivity index (χ0) is 14.6. The van der Waals surface area contributed by atoms with Crippen molar-refractivity contribution in [2.24, 2.45) is 0 Å². The molecule has 1 fully saturated rings. The molecule has 0 bridgehead atoms. The maximum absolute atomic E-state index is 10.4. The quantitative estimate of drug-likeness (QED) is 0.826. The number of rotatable bonds is 4. The van der Waals surface area contributed by atoms with E-state index in [1.165, 1.54) is 11.3 Å². The van der Waals surface area contributed by atoms with Crippen LogP contribution in [0, 0.1) is 0 Å². The lowest BCUT2D eigenvalue weighted by molar-refractivity contribution is -0.110. The van der Waals surface area contributed by atoms with Crippen LogP contribution < -0.4 is 10.6 Å². The van der Waals surface area contributed by atoms with Crippen LogP contribution in [-0.4, -0.2) is 18.5 Å². The van der Waals surface area contributed by atoms with Crippen molar-refractivity contribution in [1.29, 1.82) is 0 Å². The summed E-state index contributed by atoms with van der Waals surface area (Å²) in [6.45, 7) is 6.70. The van der Waals surface area contributed by atoms with Gasteiger partial charge < -0.3 is 10.6 Å². The zero-order valence-electron chi connectivity index (χ0n) is 12.8. The van der Waals surface area contributed by atoms with Gasteiger partial charge in [0.15, 0.2) is 0 Å². The van der Waals surface area contributed by atoms with Gasteiger partial charge in [-0.1, -0.05) is 32.9 Å². The number of carbonyl (C=O) groups is 1. The van der Waals surface area contributed by atoms with Crippen LogP contribution in [0.3, 0.4) is 0 Å². The summed E-state index contributed by atoms with van der Waals surface area (Å²) in [6.07, 6.45) is 5.19. The van der Waals surface area contributed by atoms with Gasteiger partial charge in [-0.15, -0.1) is 0 Å². The van der Waals surface area contributed by atoms with Gasteiger partial charge in [-0.25, -0.2) is 0 Å². The monoisotopic (exact) mass is 274 g/mol. The van der Waals surface area contributed by atoms with Crippen LogP contribution >= 0.6 is 0 Å². The molecule has 110 valence electrons. The molecule has 1 aliphatic carbocycles. The molecule has 2 N–H and O–H groups in total. The molecule has 1 saturated carbocycles. The van der Waals surface area contributed by atoms with Crippen LogP contribution in [0.1, 0.15) is 52.0 Å². The molecule has 0 aromatic heterocycles. The molecule has 3 heteroatoms. The average Bonchev–Trinajstić information content (AvgIpc) is 2.41. The van der Waals surface area contributed by atoms with Crippen molar-refractivity contribution in [3.05, 3.63) is 29.8 Å². The third kappa shape index (κ3) is 3.99. The van der Waals surface area contributed by atoms with Gasteiger partial charge in [0.2, 0.25) is 6.41 Å². The van der Waals surface area contributed by atoms with Gasteiger partial charge in [0.25, 0.3) is 0 Å². The maximum Gasteiger partial charge on any atom is 0.207 e. The Morgan fingerprint density at radius 2 is 1.55 bits per heavy atom. The number of amides is 1. The lowest BCUT2D eigenvalue weighted by Gasteiger charge is -2.29. The van der Waals surface area contributed by atoms with E-state index in [0.717, 1.165) is 32.1 Å². The number of nitrogens with one attached hydrogen (secondary N) is 2. The molecule has 0 spiro atoms. The Labute approximate surface area is 122 Å². The minimum absolute atomic E-state index is 0.205. The van der Waals surface area contributed by atoms with E-state index in [2.05, 4.69) is 55.7 Å². The molecule has 0 aliphatic heterocycles. The first-order valence-electron chi connectivity index (χ1n) is 7.56. The van der Waals surface area contributed by atoms with Gasteiger partial charge in [0, 0.05) is 17.8 Å². The first-order valence-corrected chi connectivity index (χ1v) is 7.56. The number of hydrogen-bond donors (Lipinski definition) is 2. The lowest BCUT2D eigenvalue weighted by atomic mass is 9.87. The summed E-state index contributed by atoms with van der Waals surface area (Å²) in [4.78, 5) is 10.4. The lowest BCUT2D eigenvalue weighted by Crippen LogP contribution is -2.36. The Balaban J connectivity index is 1.87. The molecule has 0 atom stereocenters. The summed E-state index contributed by atoms with van der Waals surface area (Å²) >= 11 is 0. The number of carbonyl (C=O) groups excluding carboxylic acids is 1. The second-order valence-corrected chi connectivity index (χ2v) is 6.80. The predicted octanol–water partition coefficient (Wildman–Crippen LogP) is 3.45. The van der Waals surface area contributed by atoms with Crippen molar-refractivity contribution in [3.63, 3.8) is 0 Å². The summed E-state index contributed by atoms with van der Waals surface area (Å²) in [5.74, 6) is 0. The second kappa shape index (κ2) is 6.29. The summed E-state index contributed by atoms with van der Waals surface area (Å²) in [5.41, 5.74) is 2.77. The van der Waals surface area contributed by atoms with Gasteiger partial charge >= 0.3 is 0 Å². The van der Waals surface area contributed by atoms with Crippen LogP contribution in [0.4, 0.5) is 5.69 Å². The Kier molecular flexibility index (Phi) is 4.69. The van der Waals surface area contributed by atoms with Crippen molar-refractivity contribution in [2.45, 2.75) is 64.0 Å². The minimum Gasteiger partial charge on any atom is -0.382 e. The summed E-state index contributed by atoms with van der Waals surface area (Å²) in [7, 11) is 0. The first-order chi connectivity index (χ1) is 9.49. The van der Waals surface area contributed by atoms with Gasteiger partial charge in [-0.2, -0.15) is 0 Å². The molecule has 0 radical (unpaired) electrons. The third-order valence-electron chi connectivity index (χ3n) is 4.15. The minimum atomic E-state index is 0.205. The molecule has 1 amide bonds. The summed E-state index contributed by atoms with van der Waals surface area (Å²) < 4.78 is 0. The van der Waals surface area contributed by atoms with Crippen molar-refractivity contribution in [2.75, 3.05) is 5.32 Å². The molecule has 1 aliphatic rings. The number of anilines is 1. The van der Waals surface area contributed by atoms with Gasteiger partial charge in [-0.3, -0.25) is 4.79 Å². The molecule has 20 heavy (non-hydrogen) atoms. The van der Waals surface area contributed by atoms with Crippen LogP contribution in [0.5, 0.6) is 0 Å². The van der Waals surface area contributed by atoms with E-state index in [9.17, 15) is 4.79 Å². The third-order valence-corrected chi connectivity index (χ3v) is 4.15. The largest absolute Gasteiger partial charge is 0.382 e. The fourth-order valence-corrected chi connectivity index (χ4v) is 2.80. The van der Waals surface area contributed by atoms with Crippen LogP contribution in [-0.2, 0) is 10.2 Å². The highest BCUT2D eigenvalue weighted by atomic mass is 16.1. The van der Waals surface area contributed by atoms with Crippen molar-refractivity contribution >= 4 is 12.1 Å². The predicted molar refractivity (Wildman–Crippen MR) is 84.0 cm³/mol. The Hall–Kier alpha value is -1.51. The van der Waals surface area contributed by atoms with E-state index in [0.29, 0.717) is 12.1 Å². The molecule has 0 unspecified atom stereocenters. The molecule has 3 nitrogen and oxygen atoms in total. The standard InChI is InChI=1S/C17H26N2O/c1-17(2,3)13-4-6-15(7-5-13)19-16-10-8-14(9-11-16)18-12-20/h4-7,12,14,16,19H,8-11H2,1-3H3,(H,18,20). The van der Waals surface area contributed by atoms with Gasteiger partial charge in [0.05, 0.1) is 0 Å². The van der Waals surface area contributed by atoms with E-state index in [4.69, 9.17) is 0 Å². The highest BCUT2D eigenvalue weighted by Gasteiger charge is 2.20. The van der Waals surface area contributed by atoms with E-state index < -0.39 is 0 Å².